The Bertz CT molecular complexity index is 660. The van der Waals surface area contributed by atoms with Crippen molar-refractivity contribution in [2.24, 2.45) is 4.99 Å². The van der Waals surface area contributed by atoms with Crippen LogP contribution in [0.15, 0.2) is 59.6 Å². The average molecular weight is 301 g/mol. The third kappa shape index (κ3) is 3.09. The van der Waals surface area contributed by atoms with E-state index < -0.39 is 11.9 Å². The number of para-hydroxylation sites is 1. The lowest BCUT2D eigenvalue weighted by Crippen LogP contribution is -2.32. The van der Waals surface area contributed by atoms with Crippen molar-refractivity contribution in [3.63, 3.8) is 0 Å². The van der Waals surface area contributed by atoms with Crippen LogP contribution < -0.4 is 4.74 Å². The normalized spacial score (nSPS) is 18.5. The first kappa shape index (κ1) is 14.5. The lowest BCUT2D eigenvalue weighted by Gasteiger charge is -2.19. The molecule has 1 aliphatic heterocycles. The maximum absolute atomic E-state index is 13.6. The Morgan fingerprint density at radius 3 is 2.64 bits per heavy atom. The van der Waals surface area contributed by atoms with Crippen molar-refractivity contribution in [1.29, 1.82) is 0 Å². The Morgan fingerprint density at radius 1 is 1.18 bits per heavy atom. The molecule has 2 aromatic carbocycles. The third-order valence-electron chi connectivity index (χ3n) is 3.39. The van der Waals surface area contributed by atoms with Crippen molar-refractivity contribution in [3.05, 3.63) is 66.0 Å². The van der Waals surface area contributed by atoms with Gasteiger partial charge >= 0.3 is 0 Å². The van der Waals surface area contributed by atoms with Gasteiger partial charge in [0.05, 0.1) is 13.2 Å². The summed E-state index contributed by atoms with van der Waals surface area (Å²) < 4.78 is 24.9. The van der Waals surface area contributed by atoms with Crippen LogP contribution in [0, 0.1) is 5.82 Å². The molecule has 0 bridgehead atoms. The van der Waals surface area contributed by atoms with E-state index in [1.54, 1.807) is 12.1 Å². The molecule has 0 saturated heterocycles. The van der Waals surface area contributed by atoms with Gasteiger partial charge in [-0.25, -0.2) is 9.38 Å². The molecule has 1 heterocycles. The van der Waals surface area contributed by atoms with E-state index >= 15 is 0 Å². The second-order valence-electron chi connectivity index (χ2n) is 4.92. The molecule has 0 spiro atoms. The highest BCUT2D eigenvalue weighted by atomic mass is 19.1. The summed E-state index contributed by atoms with van der Waals surface area (Å²) in [6.45, 7) is 0.116. The number of hydrogen-bond acceptors (Lipinski definition) is 4. The Hall–Kier alpha value is -2.40. The molecule has 2 atom stereocenters. The van der Waals surface area contributed by atoms with Crippen molar-refractivity contribution in [2.45, 2.75) is 12.2 Å². The third-order valence-corrected chi connectivity index (χ3v) is 3.39. The van der Waals surface area contributed by atoms with Gasteiger partial charge in [0.1, 0.15) is 6.10 Å². The quantitative estimate of drug-likeness (QED) is 0.924. The Kier molecular flexibility index (Phi) is 4.34. The summed E-state index contributed by atoms with van der Waals surface area (Å²) in [5.74, 6) is -0.130. The van der Waals surface area contributed by atoms with Crippen LogP contribution in [-0.4, -0.2) is 30.3 Å². The summed E-state index contributed by atoms with van der Waals surface area (Å²) in [4.78, 5) is 4.28. The molecule has 22 heavy (non-hydrogen) atoms. The van der Waals surface area contributed by atoms with Gasteiger partial charge in [-0.05, 0) is 17.7 Å². The number of halogens is 1. The molecule has 1 unspecified atom stereocenters. The van der Waals surface area contributed by atoms with Gasteiger partial charge in [-0.15, -0.1) is 0 Å². The van der Waals surface area contributed by atoms with Crippen LogP contribution in [0.4, 0.5) is 4.39 Å². The molecule has 3 rings (SSSR count). The average Bonchev–Trinajstić information content (AvgIpc) is 3.05. The second kappa shape index (κ2) is 6.58. The molecule has 5 heteroatoms. The minimum atomic E-state index is -0.814. The van der Waals surface area contributed by atoms with Crippen LogP contribution in [0.2, 0.25) is 0 Å². The number of benzene rings is 2. The van der Waals surface area contributed by atoms with Gasteiger partial charge in [-0.2, -0.15) is 0 Å². The SMILES string of the molecule is OCC(Oc1ccccc1F)C1=NC[C@@H](c2ccccc2)O1. The number of aliphatic hydroxyl groups is 1. The zero-order chi connectivity index (χ0) is 15.4. The van der Waals surface area contributed by atoms with Crippen molar-refractivity contribution in [1.82, 2.24) is 0 Å². The molecule has 4 nitrogen and oxygen atoms in total. The molecule has 0 aliphatic carbocycles. The predicted molar refractivity (Wildman–Crippen MR) is 80.5 cm³/mol. The maximum Gasteiger partial charge on any atom is 0.229 e. The van der Waals surface area contributed by atoms with Crippen LogP contribution in [-0.2, 0) is 4.74 Å². The van der Waals surface area contributed by atoms with Crippen LogP contribution in [0.5, 0.6) is 5.75 Å². The Labute approximate surface area is 127 Å². The Balaban J connectivity index is 1.69. The van der Waals surface area contributed by atoms with Crippen LogP contribution in [0.25, 0.3) is 0 Å². The topological polar surface area (TPSA) is 51.0 Å². The van der Waals surface area contributed by atoms with E-state index in [0.29, 0.717) is 12.4 Å². The smallest absolute Gasteiger partial charge is 0.229 e. The second-order valence-corrected chi connectivity index (χ2v) is 4.92. The molecule has 0 aromatic heterocycles. The zero-order valence-corrected chi connectivity index (χ0v) is 11.9. The molecule has 114 valence electrons. The number of aliphatic imine (C=N–C) groups is 1. The molecule has 1 aliphatic rings. The molecule has 0 fully saturated rings. The summed E-state index contributed by atoms with van der Waals surface area (Å²) in [5.41, 5.74) is 1.00. The molecular weight excluding hydrogens is 285 g/mol. The number of aliphatic hydroxyl groups excluding tert-OH is 1. The first-order valence-electron chi connectivity index (χ1n) is 7.06. The summed E-state index contributed by atoms with van der Waals surface area (Å²) in [6.07, 6.45) is -1.01. The molecule has 1 N–H and O–H groups in total. The molecule has 0 radical (unpaired) electrons. The van der Waals surface area contributed by atoms with Crippen molar-refractivity contribution < 1.29 is 19.0 Å². The molecule has 0 saturated carbocycles. The summed E-state index contributed by atoms with van der Waals surface area (Å²) in [5, 5.41) is 9.49. The first-order chi connectivity index (χ1) is 10.8. The minimum absolute atomic E-state index is 0.0658. The highest BCUT2D eigenvalue weighted by Gasteiger charge is 2.29. The fraction of sp³-hybridized carbons (Fsp3) is 0.235. The number of rotatable bonds is 5. The monoisotopic (exact) mass is 301 g/mol. The number of hydrogen-bond donors (Lipinski definition) is 1. The zero-order valence-electron chi connectivity index (χ0n) is 11.9. The van der Waals surface area contributed by atoms with E-state index in [0.717, 1.165) is 5.56 Å². The summed E-state index contributed by atoms with van der Waals surface area (Å²) >= 11 is 0. The van der Waals surface area contributed by atoms with Gasteiger partial charge < -0.3 is 14.6 Å². The van der Waals surface area contributed by atoms with Gasteiger partial charge in [0.25, 0.3) is 0 Å². The highest BCUT2D eigenvalue weighted by Crippen LogP contribution is 2.25. The summed E-state index contributed by atoms with van der Waals surface area (Å²) in [7, 11) is 0. The maximum atomic E-state index is 13.6. The number of ether oxygens (including phenoxy) is 2. The van der Waals surface area contributed by atoms with Gasteiger partial charge in [-0.3, -0.25) is 0 Å². The Morgan fingerprint density at radius 2 is 1.91 bits per heavy atom. The van der Waals surface area contributed by atoms with E-state index in [1.165, 1.54) is 12.1 Å². The lowest BCUT2D eigenvalue weighted by molar-refractivity contribution is 0.123. The van der Waals surface area contributed by atoms with E-state index in [4.69, 9.17) is 9.47 Å². The van der Waals surface area contributed by atoms with Crippen molar-refractivity contribution in [2.75, 3.05) is 13.2 Å². The lowest BCUT2D eigenvalue weighted by atomic mass is 10.1. The van der Waals surface area contributed by atoms with Crippen LogP contribution in [0.3, 0.4) is 0 Å². The van der Waals surface area contributed by atoms with Gasteiger partial charge in [0, 0.05) is 0 Å². The van der Waals surface area contributed by atoms with E-state index in [9.17, 15) is 9.50 Å². The first-order valence-corrected chi connectivity index (χ1v) is 7.06. The highest BCUT2D eigenvalue weighted by molar-refractivity contribution is 5.83. The van der Waals surface area contributed by atoms with E-state index in [1.807, 2.05) is 30.3 Å². The van der Waals surface area contributed by atoms with Crippen molar-refractivity contribution >= 4 is 5.90 Å². The predicted octanol–water partition coefficient (Wildman–Crippen LogP) is 2.74. The molecular formula is C17H16FNO3. The minimum Gasteiger partial charge on any atom is -0.475 e. The van der Waals surface area contributed by atoms with Crippen molar-refractivity contribution in [3.8, 4) is 5.75 Å². The fourth-order valence-electron chi connectivity index (χ4n) is 2.27. The fourth-order valence-corrected chi connectivity index (χ4v) is 2.27. The number of nitrogens with zero attached hydrogens (tertiary/aromatic N) is 1. The van der Waals surface area contributed by atoms with Gasteiger partial charge in [0.2, 0.25) is 5.90 Å². The van der Waals surface area contributed by atoms with E-state index in [-0.39, 0.29) is 18.5 Å². The molecule has 2 aromatic rings. The van der Waals surface area contributed by atoms with Gasteiger partial charge in [0.15, 0.2) is 17.7 Å². The van der Waals surface area contributed by atoms with Crippen LogP contribution >= 0.6 is 0 Å². The largest absolute Gasteiger partial charge is 0.475 e. The molecule has 0 amide bonds. The summed E-state index contributed by atoms with van der Waals surface area (Å²) in [6, 6.07) is 15.7. The van der Waals surface area contributed by atoms with E-state index in [2.05, 4.69) is 4.99 Å². The van der Waals surface area contributed by atoms with Gasteiger partial charge in [-0.1, -0.05) is 42.5 Å². The standard InChI is InChI=1S/C17H16FNO3/c18-13-8-4-5-9-14(13)21-16(11-20)17-19-10-15(22-17)12-6-2-1-3-7-12/h1-9,15-16,20H,10-11H2/t15-,16?/m0/s1. The van der Waals surface area contributed by atoms with Crippen LogP contribution in [0.1, 0.15) is 11.7 Å².